The minimum Gasteiger partial charge on any atom is -0.294 e. The Bertz CT molecular complexity index is 541. The lowest BCUT2D eigenvalue weighted by Gasteiger charge is -2.02. The third-order valence-electron chi connectivity index (χ3n) is 3.16. The van der Waals surface area contributed by atoms with Crippen molar-refractivity contribution in [3.63, 3.8) is 0 Å². The summed E-state index contributed by atoms with van der Waals surface area (Å²) in [6, 6.07) is 11.8. The largest absolute Gasteiger partial charge is 0.294 e. The highest BCUT2D eigenvalue weighted by atomic mass is 16.2. The molecule has 90 valence electrons. The van der Waals surface area contributed by atoms with Gasteiger partial charge in [0.2, 0.25) is 11.9 Å². The van der Waals surface area contributed by atoms with E-state index in [9.17, 15) is 4.79 Å². The van der Waals surface area contributed by atoms with Crippen molar-refractivity contribution in [1.82, 2.24) is 9.97 Å². The molecular formula is C14H13N3O. The summed E-state index contributed by atoms with van der Waals surface area (Å²) in [5.74, 6) is 0.780. The maximum atomic E-state index is 12.0. The third kappa shape index (κ3) is 2.22. The molecule has 3 rings (SSSR count). The summed E-state index contributed by atoms with van der Waals surface area (Å²) >= 11 is 0. The molecule has 2 unspecified atom stereocenters. The lowest BCUT2D eigenvalue weighted by atomic mass is 10.1. The first-order valence-electron chi connectivity index (χ1n) is 5.97. The van der Waals surface area contributed by atoms with Gasteiger partial charge in [-0.2, -0.15) is 0 Å². The van der Waals surface area contributed by atoms with Crippen LogP contribution in [-0.4, -0.2) is 15.9 Å². The van der Waals surface area contributed by atoms with E-state index in [4.69, 9.17) is 0 Å². The number of hydrogen-bond donors (Lipinski definition) is 1. The Morgan fingerprint density at radius 1 is 1.11 bits per heavy atom. The monoisotopic (exact) mass is 239 g/mol. The molecule has 0 spiro atoms. The van der Waals surface area contributed by atoms with Crippen LogP contribution in [0.25, 0.3) is 0 Å². The molecule has 1 saturated carbocycles. The molecule has 0 saturated heterocycles. The van der Waals surface area contributed by atoms with Crippen LogP contribution < -0.4 is 5.32 Å². The summed E-state index contributed by atoms with van der Waals surface area (Å²) in [7, 11) is 0. The van der Waals surface area contributed by atoms with Crippen LogP contribution in [0.4, 0.5) is 5.95 Å². The van der Waals surface area contributed by atoms with Crippen LogP contribution in [0.5, 0.6) is 0 Å². The van der Waals surface area contributed by atoms with Crippen LogP contribution in [0.3, 0.4) is 0 Å². The molecule has 2 aromatic rings. The lowest BCUT2D eigenvalue weighted by Crippen LogP contribution is -2.16. The molecule has 4 nitrogen and oxygen atoms in total. The zero-order chi connectivity index (χ0) is 12.4. The quantitative estimate of drug-likeness (QED) is 0.893. The third-order valence-corrected chi connectivity index (χ3v) is 3.16. The highest BCUT2D eigenvalue weighted by Crippen LogP contribution is 2.47. The molecule has 1 aromatic carbocycles. The van der Waals surface area contributed by atoms with Gasteiger partial charge in [-0.3, -0.25) is 10.1 Å². The van der Waals surface area contributed by atoms with Gasteiger partial charge in [-0.15, -0.1) is 0 Å². The van der Waals surface area contributed by atoms with E-state index in [2.05, 4.69) is 27.4 Å². The Hall–Kier alpha value is -2.23. The predicted molar refractivity (Wildman–Crippen MR) is 68.0 cm³/mol. The van der Waals surface area contributed by atoms with Crippen molar-refractivity contribution < 1.29 is 4.79 Å². The zero-order valence-corrected chi connectivity index (χ0v) is 9.78. The summed E-state index contributed by atoms with van der Waals surface area (Å²) in [6.45, 7) is 0. The summed E-state index contributed by atoms with van der Waals surface area (Å²) in [5, 5.41) is 2.74. The van der Waals surface area contributed by atoms with Crippen LogP contribution in [0.1, 0.15) is 17.9 Å². The topological polar surface area (TPSA) is 54.9 Å². The van der Waals surface area contributed by atoms with E-state index in [-0.39, 0.29) is 11.8 Å². The van der Waals surface area contributed by atoms with Crippen molar-refractivity contribution in [2.45, 2.75) is 12.3 Å². The molecule has 2 atom stereocenters. The average molecular weight is 239 g/mol. The van der Waals surface area contributed by atoms with E-state index in [0.29, 0.717) is 11.9 Å². The standard InChI is InChI=1S/C14H13N3O/c18-13(17-14-15-7-4-8-16-14)12-9-11(12)10-5-2-1-3-6-10/h1-8,11-12H,9H2,(H,15,16,17,18). The van der Waals surface area contributed by atoms with Crippen molar-refractivity contribution in [1.29, 1.82) is 0 Å². The van der Waals surface area contributed by atoms with Gasteiger partial charge < -0.3 is 0 Å². The van der Waals surface area contributed by atoms with E-state index in [1.165, 1.54) is 5.56 Å². The molecule has 1 aromatic heterocycles. The molecule has 1 amide bonds. The molecule has 0 aliphatic heterocycles. The van der Waals surface area contributed by atoms with Gasteiger partial charge in [-0.1, -0.05) is 30.3 Å². The number of amides is 1. The molecule has 0 radical (unpaired) electrons. The molecule has 1 N–H and O–H groups in total. The van der Waals surface area contributed by atoms with E-state index in [1.807, 2.05) is 18.2 Å². The van der Waals surface area contributed by atoms with Crippen molar-refractivity contribution in [2.75, 3.05) is 5.32 Å². The number of nitrogens with one attached hydrogen (secondary N) is 1. The van der Waals surface area contributed by atoms with Crippen LogP contribution in [0.15, 0.2) is 48.8 Å². The fraction of sp³-hybridized carbons (Fsp3) is 0.214. The van der Waals surface area contributed by atoms with E-state index < -0.39 is 0 Å². The van der Waals surface area contributed by atoms with Crippen LogP contribution in [0.2, 0.25) is 0 Å². The van der Waals surface area contributed by atoms with Gasteiger partial charge in [-0.05, 0) is 24.0 Å². The minimum atomic E-state index is 0.00931. The second-order valence-corrected chi connectivity index (χ2v) is 4.42. The number of anilines is 1. The number of rotatable bonds is 3. The summed E-state index contributed by atoms with van der Waals surface area (Å²) in [4.78, 5) is 19.9. The summed E-state index contributed by atoms with van der Waals surface area (Å²) in [5.41, 5.74) is 1.23. The summed E-state index contributed by atoms with van der Waals surface area (Å²) in [6.07, 6.45) is 4.14. The Kier molecular flexibility index (Phi) is 2.76. The van der Waals surface area contributed by atoms with Crippen molar-refractivity contribution in [3.05, 3.63) is 54.4 Å². The van der Waals surface area contributed by atoms with Crippen molar-refractivity contribution >= 4 is 11.9 Å². The Morgan fingerprint density at radius 3 is 2.56 bits per heavy atom. The molecular weight excluding hydrogens is 226 g/mol. The lowest BCUT2D eigenvalue weighted by molar-refractivity contribution is -0.117. The van der Waals surface area contributed by atoms with Crippen molar-refractivity contribution in [3.8, 4) is 0 Å². The molecule has 1 aliphatic carbocycles. The van der Waals surface area contributed by atoms with Crippen LogP contribution in [0, 0.1) is 5.92 Å². The number of hydrogen-bond acceptors (Lipinski definition) is 3. The first-order valence-corrected chi connectivity index (χ1v) is 5.97. The number of benzene rings is 1. The molecule has 1 fully saturated rings. The maximum absolute atomic E-state index is 12.0. The van der Waals surface area contributed by atoms with Gasteiger partial charge in [0.25, 0.3) is 0 Å². The summed E-state index contributed by atoms with van der Waals surface area (Å²) < 4.78 is 0. The molecule has 1 heterocycles. The Labute approximate surface area is 105 Å². The zero-order valence-electron chi connectivity index (χ0n) is 9.78. The maximum Gasteiger partial charge on any atom is 0.230 e. The first kappa shape index (κ1) is 10.9. The number of carbonyl (C=O) groups is 1. The van der Waals surface area contributed by atoms with E-state index in [0.717, 1.165) is 6.42 Å². The molecule has 1 aliphatic rings. The van der Waals surface area contributed by atoms with E-state index in [1.54, 1.807) is 18.5 Å². The van der Waals surface area contributed by atoms with Gasteiger partial charge in [0.05, 0.1) is 0 Å². The highest BCUT2D eigenvalue weighted by molar-refractivity contribution is 5.93. The number of aromatic nitrogens is 2. The van der Waals surface area contributed by atoms with Gasteiger partial charge in [0.15, 0.2) is 0 Å². The highest BCUT2D eigenvalue weighted by Gasteiger charge is 2.43. The van der Waals surface area contributed by atoms with Crippen LogP contribution in [-0.2, 0) is 4.79 Å². The minimum absolute atomic E-state index is 0.00931. The van der Waals surface area contributed by atoms with Gasteiger partial charge >= 0.3 is 0 Å². The van der Waals surface area contributed by atoms with Gasteiger partial charge in [0.1, 0.15) is 0 Å². The number of nitrogens with zero attached hydrogens (tertiary/aromatic N) is 2. The second kappa shape index (κ2) is 4.56. The van der Waals surface area contributed by atoms with E-state index >= 15 is 0 Å². The first-order chi connectivity index (χ1) is 8.84. The fourth-order valence-corrected chi connectivity index (χ4v) is 2.12. The fourth-order valence-electron chi connectivity index (χ4n) is 2.12. The van der Waals surface area contributed by atoms with Crippen molar-refractivity contribution in [2.24, 2.45) is 5.92 Å². The van der Waals surface area contributed by atoms with Gasteiger partial charge in [0, 0.05) is 18.3 Å². The predicted octanol–water partition coefficient (Wildman–Crippen LogP) is 2.22. The SMILES string of the molecule is O=C(Nc1ncccn1)C1CC1c1ccccc1. The molecule has 0 bridgehead atoms. The second-order valence-electron chi connectivity index (χ2n) is 4.42. The Morgan fingerprint density at radius 2 is 1.83 bits per heavy atom. The number of carbonyl (C=O) groups excluding carboxylic acids is 1. The normalized spacial score (nSPS) is 21.3. The molecule has 4 heteroatoms. The molecule has 18 heavy (non-hydrogen) atoms. The Balaban J connectivity index is 1.63. The van der Waals surface area contributed by atoms with Crippen LogP contribution >= 0.6 is 0 Å². The smallest absolute Gasteiger partial charge is 0.230 e. The van der Waals surface area contributed by atoms with Gasteiger partial charge in [-0.25, -0.2) is 9.97 Å². The average Bonchev–Trinajstić information content (AvgIpc) is 3.21.